The van der Waals surface area contributed by atoms with E-state index in [1.807, 2.05) is 13.8 Å². The third-order valence-electron chi connectivity index (χ3n) is 3.70. The summed E-state index contributed by atoms with van der Waals surface area (Å²) in [5, 5.41) is 8.92. The van der Waals surface area contributed by atoms with Gasteiger partial charge in [0.25, 0.3) is 0 Å². The van der Waals surface area contributed by atoms with Gasteiger partial charge in [-0.2, -0.15) is 0 Å². The van der Waals surface area contributed by atoms with E-state index in [-0.39, 0.29) is 27.7 Å². The third kappa shape index (κ3) is 4.13. The average Bonchev–Trinajstić information content (AvgIpc) is 3.40. The second kappa shape index (κ2) is 6.95. The Morgan fingerprint density at radius 1 is 1.15 bits per heavy atom. The van der Waals surface area contributed by atoms with Gasteiger partial charge < -0.3 is 14.6 Å². The molecule has 0 bridgehead atoms. The first-order chi connectivity index (χ1) is 12.3. The summed E-state index contributed by atoms with van der Waals surface area (Å²) in [4.78, 5) is 15.3. The van der Waals surface area contributed by atoms with Crippen molar-refractivity contribution in [1.82, 2.24) is 4.98 Å². The highest BCUT2D eigenvalue weighted by Crippen LogP contribution is 2.33. The highest BCUT2D eigenvalue weighted by atomic mass is 32.2. The minimum atomic E-state index is -3.36. The number of rotatable bonds is 7. The summed E-state index contributed by atoms with van der Waals surface area (Å²) in [6, 6.07) is 7.25. The van der Waals surface area contributed by atoms with Crippen LogP contribution in [0.2, 0.25) is 0 Å². The van der Waals surface area contributed by atoms with Crippen molar-refractivity contribution in [3.05, 3.63) is 42.1 Å². The van der Waals surface area contributed by atoms with Crippen LogP contribution in [-0.4, -0.2) is 35.8 Å². The molecule has 138 valence electrons. The lowest BCUT2D eigenvalue weighted by molar-refractivity contribution is 0.0695. The van der Waals surface area contributed by atoms with E-state index >= 15 is 0 Å². The van der Waals surface area contributed by atoms with E-state index in [1.165, 1.54) is 30.5 Å². The number of hydrogen-bond acceptors (Lipinski definition) is 6. The van der Waals surface area contributed by atoms with E-state index in [1.54, 1.807) is 6.07 Å². The molecule has 1 aromatic heterocycles. The maximum Gasteiger partial charge on any atom is 0.335 e. The van der Waals surface area contributed by atoms with Crippen LogP contribution in [0.25, 0.3) is 0 Å². The summed E-state index contributed by atoms with van der Waals surface area (Å²) in [5.74, 6) is -0.165. The maximum atomic E-state index is 12.1. The van der Waals surface area contributed by atoms with Crippen molar-refractivity contribution < 1.29 is 27.8 Å². The van der Waals surface area contributed by atoms with Crippen LogP contribution in [0, 0.1) is 0 Å². The number of benzene rings is 1. The van der Waals surface area contributed by atoms with E-state index in [0.717, 1.165) is 0 Å². The van der Waals surface area contributed by atoms with E-state index in [0.29, 0.717) is 24.3 Å². The standard InChI is InChI=1S/C18H19NO6S/c1-11(2)24-14-7-12(18(20)21)8-15(9-14)25-13-3-6-17(19-10-13)26(22,23)16-4-5-16/h3,6-11,16H,4-5H2,1-2H3,(H,20,21). The van der Waals surface area contributed by atoms with Crippen LogP contribution in [-0.2, 0) is 9.84 Å². The number of aromatic nitrogens is 1. The molecule has 0 aliphatic heterocycles. The number of sulfone groups is 1. The van der Waals surface area contributed by atoms with Gasteiger partial charge in [-0.15, -0.1) is 0 Å². The fraction of sp³-hybridized carbons (Fsp3) is 0.333. The molecule has 0 amide bonds. The number of aromatic carboxylic acids is 1. The Balaban J connectivity index is 1.83. The molecule has 2 aromatic rings. The maximum absolute atomic E-state index is 12.1. The second-order valence-electron chi connectivity index (χ2n) is 6.34. The van der Waals surface area contributed by atoms with Gasteiger partial charge in [0.05, 0.1) is 23.1 Å². The van der Waals surface area contributed by atoms with Crippen LogP contribution in [0.5, 0.6) is 17.2 Å². The Labute approximate surface area is 151 Å². The zero-order valence-electron chi connectivity index (χ0n) is 14.4. The smallest absolute Gasteiger partial charge is 0.335 e. The molecule has 3 rings (SSSR count). The molecule has 7 nitrogen and oxygen atoms in total. The Bertz CT molecular complexity index is 917. The average molecular weight is 377 g/mol. The summed E-state index contributed by atoms with van der Waals surface area (Å²) >= 11 is 0. The number of nitrogens with zero attached hydrogens (tertiary/aromatic N) is 1. The Hall–Kier alpha value is -2.61. The van der Waals surface area contributed by atoms with Gasteiger partial charge in [-0.3, -0.25) is 0 Å². The lowest BCUT2D eigenvalue weighted by Crippen LogP contribution is -2.09. The molecule has 1 aliphatic rings. The van der Waals surface area contributed by atoms with Gasteiger partial charge >= 0.3 is 5.97 Å². The van der Waals surface area contributed by atoms with E-state index in [4.69, 9.17) is 9.47 Å². The highest BCUT2D eigenvalue weighted by molar-refractivity contribution is 7.92. The Morgan fingerprint density at radius 2 is 1.85 bits per heavy atom. The zero-order valence-corrected chi connectivity index (χ0v) is 15.2. The Morgan fingerprint density at radius 3 is 2.38 bits per heavy atom. The highest BCUT2D eigenvalue weighted by Gasteiger charge is 2.37. The van der Waals surface area contributed by atoms with Gasteiger partial charge in [0.1, 0.15) is 17.2 Å². The summed E-state index contributed by atoms with van der Waals surface area (Å²) < 4.78 is 35.5. The van der Waals surface area contributed by atoms with E-state index in [2.05, 4.69) is 4.98 Å². The van der Waals surface area contributed by atoms with Crippen molar-refractivity contribution in [2.24, 2.45) is 0 Å². The monoisotopic (exact) mass is 377 g/mol. The normalized spacial score (nSPS) is 14.3. The van der Waals surface area contributed by atoms with Crippen molar-refractivity contribution in [3.8, 4) is 17.2 Å². The number of carboxylic acid groups (broad SMARTS) is 1. The molecule has 1 fully saturated rings. The molecule has 0 atom stereocenters. The lowest BCUT2D eigenvalue weighted by atomic mass is 10.2. The van der Waals surface area contributed by atoms with Gasteiger partial charge in [-0.05, 0) is 51.0 Å². The molecule has 0 radical (unpaired) electrons. The number of hydrogen-bond donors (Lipinski definition) is 1. The second-order valence-corrected chi connectivity index (χ2v) is 8.52. The van der Waals surface area contributed by atoms with Gasteiger partial charge in [-0.1, -0.05) is 0 Å². The predicted molar refractivity (Wildman–Crippen MR) is 93.7 cm³/mol. The SMILES string of the molecule is CC(C)Oc1cc(Oc2ccc(S(=O)(=O)C3CC3)nc2)cc(C(=O)O)c1. The summed E-state index contributed by atoms with van der Waals surface area (Å²) in [6.45, 7) is 3.66. The fourth-order valence-corrected chi connectivity index (χ4v) is 3.93. The fourth-order valence-electron chi connectivity index (χ4n) is 2.37. The molecule has 0 spiro atoms. The van der Waals surface area contributed by atoms with Gasteiger partial charge in [0.2, 0.25) is 0 Å². The number of carboxylic acids is 1. The molecule has 1 aromatic carbocycles. The largest absolute Gasteiger partial charge is 0.491 e. The molecular weight excluding hydrogens is 358 g/mol. The van der Waals surface area contributed by atoms with Crippen molar-refractivity contribution in [1.29, 1.82) is 0 Å². The topological polar surface area (TPSA) is 103 Å². The molecule has 0 saturated heterocycles. The first kappa shape index (κ1) is 18.2. The van der Waals surface area contributed by atoms with E-state index in [9.17, 15) is 18.3 Å². The van der Waals surface area contributed by atoms with Crippen LogP contribution in [0.1, 0.15) is 37.0 Å². The summed E-state index contributed by atoms with van der Waals surface area (Å²) in [6.07, 6.45) is 2.53. The van der Waals surface area contributed by atoms with Crippen molar-refractivity contribution in [3.63, 3.8) is 0 Å². The summed E-state index contributed by atoms with van der Waals surface area (Å²) in [7, 11) is -3.36. The van der Waals surface area contributed by atoms with Gasteiger partial charge in [0, 0.05) is 6.07 Å². The molecule has 8 heteroatoms. The lowest BCUT2D eigenvalue weighted by Gasteiger charge is -2.13. The van der Waals surface area contributed by atoms with Crippen LogP contribution < -0.4 is 9.47 Å². The molecule has 1 heterocycles. The third-order valence-corrected chi connectivity index (χ3v) is 5.87. The molecule has 1 aliphatic carbocycles. The molecule has 1 saturated carbocycles. The van der Waals surface area contributed by atoms with E-state index < -0.39 is 15.8 Å². The van der Waals surface area contributed by atoms with Crippen LogP contribution in [0.4, 0.5) is 0 Å². The first-order valence-corrected chi connectivity index (χ1v) is 9.73. The molecule has 0 unspecified atom stereocenters. The van der Waals surface area contributed by atoms with Crippen LogP contribution >= 0.6 is 0 Å². The quantitative estimate of drug-likeness (QED) is 0.789. The minimum absolute atomic E-state index is 0.0236. The van der Waals surface area contributed by atoms with Crippen molar-refractivity contribution in [2.75, 3.05) is 0 Å². The molecule has 1 N–H and O–H groups in total. The predicted octanol–water partition coefficient (Wildman–Crippen LogP) is 3.30. The van der Waals surface area contributed by atoms with Gasteiger partial charge in [0.15, 0.2) is 14.9 Å². The minimum Gasteiger partial charge on any atom is -0.491 e. The van der Waals surface area contributed by atoms with Crippen LogP contribution in [0.15, 0.2) is 41.6 Å². The Kier molecular flexibility index (Phi) is 4.86. The number of carbonyl (C=O) groups is 1. The zero-order chi connectivity index (χ0) is 18.9. The molecular formula is C18H19NO6S. The van der Waals surface area contributed by atoms with Crippen molar-refractivity contribution in [2.45, 2.75) is 43.1 Å². The number of pyridine rings is 1. The number of ether oxygens (including phenoxy) is 2. The molecule has 26 heavy (non-hydrogen) atoms. The summed E-state index contributed by atoms with van der Waals surface area (Å²) in [5.41, 5.74) is 0.0269. The van der Waals surface area contributed by atoms with Crippen LogP contribution in [0.3, 0.4) is 0 Å². The van der Waals surface area contributed by atoms with Gasteiger partial charge in [-0.25, -0.2) is 18.2 Å². The first-order valence-electron chi connectivity index (χ1n) is 8.18. The van der Waals surface area contributed by atoms with Crippen molar-refractivity contribution >= 4 is 15.8 Å².